The topological polar surface area (TPSA) is 113 Å². The molecule has 10 nitrogen and oxygen atoms in total. The van der Waals surface area contributed by atoms with E-state index in [1.807, 2.05) is 31.2 Å². The van der Waals surface area contributed by atoms with Gasteiger partial charge in [-0.3, -0.25) is 9.69 Å². The number of esters is 1. The first-order valence-corrected chi connectivity index (χ1v) is 11.3. The van der Waals surface area contributed by atoms with E-state index in [4.69, 9.17) is 36.3 Å². The second-order valence-corrected chi connectivity index (χ2v) is 9.35. The highest BCUT2D eigenvalue weighted by Gasteiger charge is 2.62. The average Bonchev–Trinajstić information content (AvgIpc) is 3.43. The molecule has 2 aromatic heterocycles. The van der Waals surface area contributed by atoms with Crippen molar-refractivity contribution in [1.82, 2.24) is 19.5 Å². The Morgan fingerprint density at radius 1 is 1.24 bits per heavy atom. The molecule has 0 spiro atoms. The Labute approximate surface area is 201 Å². The lowest BCUT2D eigenvalue weighted by Gasteiger charge is -2.27. The van der Waals surface area contributed by atoms with Crippen molar-refractivity contribution in [3.63, 3.8) is 0 Å². The molecule has 180 valence electrons. The number of nitrogens with two attached hydrogens (primary N) is 1. The van der Waals surface area contributed by atoms with Crippen LogP contribution in [0.1, 0.15) is 30.6 Å². The number of hydrogen-bond donors (Lipinski definition) is 1. The first kappa shape index (κ1) is 23.0. The number of carbonyl (C=O) groups excluding carboxylic acids is 1. The number of fused-ring (bicyclic) bond motifs is 2. The van der Waals surface area contributed by atoms with Crippen molar-refractivity contribution in [3.8, 4) is 0 Å². The van der Waals surface area contributed by atoms with E-state index in [2.05, 4.69) is 10.1 Å². The number of hydrogen-bond acceptors (Lipinski definition) is 9. The molecule has 2 aliphatic rings. The van der Waals surface area contributed by atoms with Crippen LogP contribution in [0, 0.1) is 0 Å². The summed E-state index contributed by atoms with van der Waals surface area (Å²) in [5.41, 5.74) is 7.36. The maximum absolute atomic E-state index is 12.2. The summed E-state index contributed by atoms with van der Waals surface area (Å²) in [5, 5.41) is 4.98. The van der Waals surface area contributed by atoms with Crippen molar-refractivity contribution in [2.75, 3.05) is 33.0 Å². The van der Waals surface area contributed by atoms with E-state index in [-0.39, 0.29) is 19.1 Å². The van der Waals surface area contributed by atoms with Gasteiger partial charge in [0.15, 0.2) is 12.1 Å². The maximum Gasteiger partial charge on any atom is 0.320 e. The molecule has 0 bridgehead atoms. The smallest absolute Gasteiger partial charge is 0.320 e. The van der Waals surface area contributed by atoms with E-state index in [1.54, 1.807) is 35.6 Å². The molecule has 5 atom stereocenters. The van der Waals surface area contributed by atoms with E-state index >= 15 is 0 Å². The third-order valence-corrected chi connectivity index (χ3v) is 6.39. The summed E-state index contributed by atoms with van der Waals surface area (Å²) >= 11 is 6.05. The zero-order chi connectivity index (χ0) is 24.0. The lowest BCUT2D eigenvalue weighted by Crippen LogP contribution is -2.41. The van der Waals surface area contributed by atoms with Crippen molar-refractivity contribution in [2.24, 2.45) is 0 Å². The van der Waals surface area contributed by atoms with Gasteiger partial charge >= 0.3 is 5.97 Å². The number of halogens is 1. The zero-order valence-corrected chi connectivity index (χ0v) is 19.8. The van der Waals surface area contributed by atoms with Crippen LogP contribution in [0.3, 0.4) is 0 Å². The zero-order valence-electron chi connectivity index (χ0n) is 19.1. The quantitative estimate of drug-likeness (QED) is 0.523. The third-order valence-electron chi connectivity index (χ3n) is 6.14. The standard InChI is InChI=1S/C23H26ClN5O5/c1-23-19(15-8-9-16-21(25)26-12-27-29(15)16)32-17(11-31-18(30)10-28(2)3)20(23)33-22(34-23)13-4-6-14(24)7-5-13/h4-9,12,17,19-20,22H,10-11H2,1-3H3,(H2,25,26,27)/t17-,19+,20-,22?,23+/m1/s1. The fourth-order valence-electron chi connectivity index (χ4n) is 4.55. The van der Waals surface area contributed by atoms with Gasteiger partial charge in [-0.2, -0.15) is 5.10 Å². The van der Waals surface area contributed by atoms with Crippen LogP contribution in [0.15, 0.2) is 42.7 Å². The van der Waals surface area contributed by atoms with Crippen molar-refractivity contribution >= 4 is 28.9 Å². The Hall–Kier alpha value is -2.76. The first-order chi connectivity index (χ1) is 16.3. The molecule has 1 aromatic carbocycles. The minimum Gasteiger partial charge on any atom is -0.462 e. The maximum atomic E-state index is 12.2. The highest BCUT2D eigenvalue weighted by Crippen LogP contribution is 2.53. The Kier molecular flexibility index (Phi) is 5.95. The largest absolute Gasteiger partial charge is 0.462 e. The van der Waals surface area contributed by atoms with Gasteiger partial charge in [0.1, 0.15) is 42.4 Å². The number of nitrogens with zero attached hydrogens (tertiary/aromatic N) is 4. The number of anilines is 1. The van der Waals surface area contributed by atoms with Gasteiger partial charge in [-0.15, -0.1) is 0 Å². The van der Waals surface area contributed by atoms with Crippen molar-refractivity contribution in [1.29, 1.82) is 0 Å². The van der Waals surface area contributed by atoms with Crippen molar-refractivity contribution in [3.05, 3.63) is 59.0 Å². The van der Waals surface area contributed by atoms with Crippen LogP contribution in [0.4, 0.5) is 5.82 Å². The van der Waals surface area contributed by atoms with Crippen LogP contribution in [0.5, 0.6) is 0 Å². The van der Waals surface area contributed by atoms with Gasteiger partial charge in [-0.05, 0) is 45.3 Å². The van der Waals surface area contributed by atoms with Crippen molar-refractivity contribution < 1.29 is 23.7 Å². The van der Waals surface area contributed by atoms with E-state index in [9.17, 15) is 4.79 Å². The van der Waals surface area contributed by atoms with E-state index in [0.717, 1.165) is 11.3 Å². The fraction of sp³-hybridized carbons (Fsp3) is 0.435. The third kappa shape index (κ3) is 4.01. The van der Waals surface area contributed by atoms with Crippen LogP contribution in [-0.4, -0.2) is 70.5 Å². The van der Waals surface area contributed by atoms with Gasteiger partial charge in [-0.25, -0.2) is 9.50 Å². The second kappa shape index (κ2) is 8.79. The monoisotopic (exact) mass is 487 g/mol. The molecule has 0 radical (unpaired) electrons. The molecule has 1 unspecified atom stereocenters. The van der Waals surface area contributed by atoms with Gasteiger partial charge in [0, 0.05) is 10.6 Å². The molecular formula is C23H26ClN5O5. The minimum absolute atomic E-state index is 0.0283. The number of aromatic nitrogens is 3. The molecule has 11 heteroatoms. The average molecular weight is 488 g/mol. The summed E-state index contributed by atoms with van der Waals surface area (Å²) in [5.74, 6) is 0.0123. The normalized spacial score (nSPS) is 28.5. The molecule has 0 amide bonds. The molecule has 2 fully saturated rings. The van der Waals surface area contributed by atoms with Gasteiger partial charge in [-0.1, -0.05) is 23.7 Å². The summed E-state index contributed by atoms with van der Waals surface area (Å²) in [6, 6.07) is 11.0. The van der Waals surface area contributed by atoms with Gasteiger partial charge in [0.25, 0.3) is 0 Å². The van der Waals surface area contributed by atoms with E-state index in [0.29, 0.717) is 16.4 Å². The molecule has 3 aromatic rings. The Morgan fingerprint density at radius 2 is 2.00 bits per heavy atom. The number of carbonyl (C=O) groups is 1. The van der Waals surface area contributed by atoms with E-state index in [1.165, 1.54) is 6.33 Å². The molecule has 34 heavy (non-hydrogen) atoms. The van der Waals surface area contributed by atoms with Gasteiger partial charge < -0.3 is 24.7 Å². The molecular weight excluding hydrogens is 462 g/mol. The molecule has 5 rings (SSSR count). The number of likely N-dealkylation sites (N-methyl/N-ethyl adjacent to an activating group) is 1. The molecule has 0 saturated carbocycles. The highest BCUT2D eigenvalue weighted by atomic mass is 35.5. The Bertz CT molecular complexity index is 1200. The second-order valence-electron chi connectivity index (χ2n) is 8.92. The molecule has 2 N–H and O–H groups in total. The summed E-state index contributed by atoms with van der Waals surface area (Å²) in [6.07, 6.45) is -0.865. The molecule has 2 saturated heterocycles. The summed E-state index contributed by atoms with van der Waals surface area (Å²) in [6.45, 7) is 2.13. The number of nitrogen functional groups attached to an aromatic ring is 1. The van der Waals surface area contributed by atoms with Gasteiger partial charge in [0.2, 0.25) is 0 Å². The lowest BCUT2D eigenvalue weighted by molar-refractivity contribution is -0.167. The SMILES string of the molecule is CN(C)CC(=O)OC[C@H]1O[C@@H](c2ccc3c(N)ncnn23)[C@]2(C)OC(c3ccc(Cl)cc3)O[C@H]12. The minimum atomic E-state index is -0.892. The number of benzene rings is 1. The van der Waals surface area contributed by atoms with Crippen LogP contribution in [0.25, 0.3) is 5.52 Å². The Balaban J connectivity index is 1.47. The Morgan fingerprint density at radius 3 is 2.74 bits per heavy atom. The fourth-order valence-corrected chi connectivity index (χ4v) is 4.68. The number of ether oxygens (including phenoxy) is 4. The first-order valence-electron chi connectivity index (χ1n) is 10.9. The lowest BCUT2D eigenvalue weighted by atomic mass is 9.91. The van der Waals surface area contributed by atoms with Crippen LogP contribution in [0.2, 0.25) is 5.02 Å². The van der Waals surface area contributed by atoms with Crippen molar-refractivity contribution in [2.45, 2.75) is 37.1 Å². The predicted molar refractivity (Wildman–Crippen MR) is 123 cm³/mol. The molecule has 4 heterocycles. The summed E-state index contributed by atoms with van der Waals surface area (Å²) < 4.78 is 26.4. The van der Waals surface area contributed by atoms with E-state index < -0.39 is 30.2 Å². The molecule has 0 aliphatic carbocycles. The number of rotatable bonds is 6. The van der Waals surface area contributed by atoms with Crippen LogP contribution < -0.4 is 5.73 Å². The predicted octanol–water partition coefficient (Wildman–Crippen LogP) is 2.38. The van der Waals surface area contributed by atoms with Crippen LogP contribution in [-0.2, 0) is 23.7 Å². The summed E-state index contributed by atoms with van der Waals surface area (Å²) in [7, 11) is 3.60. The van der Waals surface area contributed by atoms with Gasteiger partial charge in [0.05, 0.1) is 12.2 Å². The highest BCUT2D eigenvalue weighted by molar-refractivity contribution is 6.30. The molecule has 2 aliphatic heterocycles. The summed E-state index contributed by atoms with van der Waals surface area (Å²) in [4.78, 5) is 18.0. The van der Waals surface area contributed by atoms with Crippen LogP contribution >= 0.6 is 11.6 Å².